The van der Waals surface area contributed by atoms with Crippen molar-refractivity contribution in [3.8, 4) is 0 Å². The summed E-state index contributed by atoms with van der Waals surface area (Å²) in [4.78, 5) is 11.6. The molecule has 2 nitrogen and oxygen atoms in total. The average molecular weight is 202 g/mol. The molecule has 0 bridgehead atoms. The molecule has 1 heterocycles. The molecule has 2 aromatic rings. The first kappa shape index (κ1) is 9.97. The lowest BCUT2D eigenvalue weighted by atomic mass is 10.0. The molecule has 0 unspecified atom stereocenters. The first-order chi connectivity index (χ1) is 7.13. The summed E-state index contributed by atoms with van der Waals surface area (Å²) in [5, 5.41) is 1.05. The van der Waals surface area contributed by atoms with Gasteiger partial charge in [-0.05, 0) is 37.5 Å². The molecule has 0 aliphatic heterocycles. The van der Waals surface area contributed by atoms with Crippen LogP contribution in [0, 0.1) is 13.8 Å². The van der Waals surface area contributed by atoms with Gasteiger partial charge in [0, 0.05) is 10.9 Å². The van der Waals surface area contributed by atoms with E-state index in [-0.39, 0.29) is 5.63 Å². The van der Waals surface area contributed by atoms with Gasteiger partial charge in [0.1, 0.15) is 5.58 Å². The third-order valence-corrected chi connectivity index (χ3v) is 2.77. The maximum absolute atomic E-state index is 11.6. The van der Waals surface area contributed by atoms with Crippen molar-refractivity contribution in [2.24, 2.45) is 0 Å². The van der Waals surface area contributed by atoms with Crippen molar-refractivity contribution >= 4 is 11.0 Å². The maximum atomic E-state index is 11.6. The Bertz CT molecular complexity index is 564. The normalized spacial score (nSPS) is 10.9. The van der Waals surface area contributed by atoms with Crippen LogP contribution in [0.1, 0.15) is 23.6 Å². The minimum atomic E-state index is -0.210. The molecule has 0 N–H and O–H groups in total. The minimum absolute atomic E-state index is 0.210. The zero-order valence-corrected chi connectivity index (χ0v) is 9.26. The van der Waals surface area contributed by atoms with Crippen LogP contribution < -0.4 is 5.63 Å². The molecule has 1 aromatic heterocycles. The van der Waals surface area contributed by atoms with Gasteiger partial charge in [-0.2, -0.15) is 0 Å². The summed E-state index contributed by atoms with van der Waals surface area (Å²) in [6, 6.07) is 5.98. The lowest BCUT2D eigenvalue weighted by molar-refractivity contribution is 0.549. The van der Waals surface area contributed by atoms with Crippen LogP contribution in [0.25, 0.3) is 11.0 Å². The van der Waals surface area contributed by atoms with Gasteiger partial charge >= 0.3 is 5.63 Å². The third kappa shape index (κ3) is 1.56. The molecule has 0 aliphatic carbocycles. The van der Waals surface area contributed by atoms with Gasteiger partial charge in [0.25, 0.3) is 0 Å². The molecule has 0 aliphatic rings. The van der Waals surface area contributed by atoms with E-state index in [0.29, 0.717) is 6.42 Å². The highest BCUT2D eigenvalue weighted by molar-refractivity contribution is 5.83. The van der Waals surface area contributed by atoms with Gasteiger partial charge in [-0.15, -0.1) is 0 Å². The Hall–Kier alpha value is -1.57. The van der Waals surface area contributed by atoms with Crippen molar-refractivity contribution < 1.29 is 4.42 Å². The average Bonchev–Trinajstić information content (AvgIpc) is 2.23. The predicted molar refractivity (Wildman–Crippen MR) is 61.3 cm³/mol. The number of hydrogen-bond donors (Lipinski definition) is 0. The second-order valence-corrected chi connectivity index (χ2v) is 3.85. The Labute approximate surface area is 88.5 Å². The zero-order chi connectivity index (χ0) is 11.0. The highest BCUT2D eigenvalue weighted by atomic mass is 16.4. The summed E-state index contributed by atoms with van der Waals surface area (Å²) >= 11 is 0. The Morgan fingerprint density at radius 1 is 1.20 bits per heavy atom. The van der Waals surface area contributed by atoms with E-state index in [1.165, 1.54) is 0 Å². The van der Waals surface area contributed by atoms with Gasteiger partial charge in [0.2, 0.25) is 0 Å². The van der Waals surface area contributed by atoms with Crippen LogP contribution in [0.15, 0.2) is 27.4 Å². The van der Waals surface area contributed by atoms with Crippen molar-refractivity contribution in [1.82, 2.24) is 0 Å². The summed E-state index contributed by atoms with van der Waals surface area (Å²) < 4.78 is 5.34. The Balaban J connectivity index is 2.92. The van der Waals surface area contributed by atoms with Gasteiger partial charge in [-0.1, -0.05) is 19.1 Å². The van der Waals surface area contributed by atoms with E-state index >= 15 is 0 Å². The lowest BCUT2D eigenvalue weighted by Crippen LogP contribution is -2.06. The molecule has 0 amide bonds. The van der Waals surface area contributed by atoms with Gasteiger partial charge in [0.05, 0.1) is 0 Å². The molecule has 1 aromatic carbocycles. The monoisotopic (exact) mass is 202 g/mol. The molecule has 15 heavy (non-hydrogen) atoms. The van der Waals surface area contributed by atoms with E-state index in [9.17, 15) is 4.79 Å². The smallest absolute Gasteiger partial charge is 0.339 e. The number of rotatable bonds is 1. The second kappa shape index (κ2) is 3.54. The summed E-state index contributed by atoms with van der Waals surface area (Å²) in [5.41, 5.74) is 3.41. The molecular formula is C13H14O2. The fourth-order valence-corrected chi connectivity index (χ4v) is 1.76. The molecule has 0 fully saturated rings. The number of fused-ring (bicyclic) bond motifs is 1. The van der Waals surface area contributed by atoms with E-state index < -0.39 is 0 Å². The molecule has 78 valence electrons. The van der Waals surface area contributed by atoms with Crippen LogP contribution in [-0.2, 0) is 6.42 Å². The van der Waals surface area contributed by atoms with Crippen LogP contribution in [0.5, 0.6) is 0 Å². The van der Waals surface area contributed by atoms with E-state index in [4.69, 9.17) is 4.42 Å². The van der Waals surface area contributed by atoms with Crippen LogP contribution >= 0.6 is 0 Å². The van der Waals surface area contributed by atoms with Crippen molar-refractivity contribution in [1.29, 1.82) is 0 Å². The first-order valence-electron chi connectivity index (χ1n) is 5.16. The Morgan fingerprint density at radius 3 is 2.53 bits per heavy atom. The molecule has 0 atom stereocenters. The zero-order valence-electron chi connectivity index (χ0n) is 9.26. The predicted octanol–water partition coefficient (Wildman–Crippen LogP) is 2.97. The topological polar surface area (TPSA) is 30.2 Å². The van der Waals surface area contributed by atoms with Crippen molar-refractivity contribution in [2.75, 3.05) is 0 Å². The molecule has 0 spiro atoms. The molecule has 2 rings (SSSR count). The van der Waals surface area contributed by atoms with E-state index in [1.54, 1.807) is 0 Å². The minimum Gasteiger partial charge on any atom is -0.422 e. The van der Waals surface area contributed by atoms with Crippen LogP contribution in [0.2, 0.25) is 0 Å². The number of aryl methyl sites for hydroxylation is 3. The quantitative estimate of drug-likeness (QED) is 0.665. The summed E-state index contributed by atoms with van der Waals surface area (Å²) in [5.74, 6) is 0. The number of benzene rings is 1. The standard InChI is InChI=1S/C13H14O2/c1-4-10-7-11-8(2)5-6-9(3)12(11)15-13(10)14/h5-7H,4H2,1-3H3. The fourth-order valence-electron chi connectivity index (χ4n) is 1.76. The van der Waals surface area contributed by atoms with E-state index in [0.717, 1.165) is 27.7 Å². The van der Waals surface area contributed by atoms with E-state index in [2.05, 4.69) is 6.07 Å². The van der Waals surface area contributed by atoms with Gasteiger partial charge in [-0.3, -0.25) is 0 Å². The van der Waals surface area contributed by atoms with Crippen molar-refractivity contribution in [2.45, 2.75) is 27.2 Å². The van der Waals surface area contributed by atoms with Gasteiger partial charge in [0.15, 0.2) is 0 Å². The van der Waals surface area contributed by atoms with Gasteiger partial charge < -0.3 is 4.42 Å². The van der Waals surface area contributed by atoms with Gasteiger partial charge in [-0.25, -0.2) is 4.79 Å². The highest BCUT2D eigenvalue weighted by Gasteiger charge is 2.07. The molecular weight excluding hydrogens is 188 g/mol. The SMILES string of the molecule is CCc1cc2c(C)ccc(C)c2oc1=O. The fraction of sp³-hybridized carbons (Fsp3) is 0.308. The number of hydrogen-bond acceptors (Lipinski definition) is 2. The molecule has 0 saturated heterocycles. The molecule has 0 saturated carbocycles. The highest BCUT2D eigenvalue weighted by Crippen LogP contribution is 2.21. The van der Waals surface area contributed by atoms with Crippen molar-refractivity contribution in [3.63, 3.8) is 0 Å². The first-order valence-corrected chi connectivity index (χ1v) is 5.16. The second-order valence-electron chi connectivity index (χ2n) is 3.85. The maximum Gasteiger partial charge on any atom is 0.339 e. The Kier molecular flexibility index (Phi) is 2.35. The summed E-state index contributed by atoms with van der Waals surface area (Å²) in [7, 11) is 0. The van der Waals surface area contributed by atoms with E-state index in [1.807, 2.05) is 32.9 Å². The van der Waals surface area contributed by atoms with Crippen LogP contribution in [-0.4, -0.2) is 0 Å². The molecule has 0 radical (unpaired) electrons. The Morgan fingerprint density at radius 2 is 1.87 bits per heavy atom. The van der Waals surface area contributed by atoms with Crippen LogP contribution in [0.3, 0.4) is 0 Å². The van der Waals surface area contributed by atoms with Crippen molar-refractivity contribution in [3.05, 3.63) is 45.3 Å². The summed E-state index contributed by atoms with van der Waals surface area (Å²) in [6.45, 7) is 5.95. The summed E-state index contributed by atoms with van der Waals surface area (Å²) in [6.07, 6.45) is 0.714. The molecule has 2 heteroatoms. The lowest BCUT2D eigenvalue weighted by Gasteiger charge is -2.05. The largest absolute Gasteiger partial charge is 0.422 e. The van der Waals surface area contributed by atoms with Crippen LogP contribution in [0.4, 0.5) is 0 Å². The third-order valence-electron chi connectivity index (χ3n) is 2.77.